The fourth-order valence-electron chi connectivity index (χ4n) is 3.15. The molecule has 146 valence electrons. The number of rotatable bonds is 4. The lowest BCUT2D eigenvalue weighted by molar-refractivity contribution is -0.385. The zero-order valence-electron chi connectivity index (χ0n) is 15.2. The van der Waals surface area contributed by atoms with Crippen LogP contribution in [0.2, 0.25) is 5.02 Å². The second-order valence-corrected chi connectivity index (χ2v) is 7.16. The van der Waals surface area contributed by atoms with E-state index < -0.39 is 16.7 Å². The van der Waals surface area contributed by atoms with Crippen molar-refractivity contribution in [2.45, 2.75) is 19.8 Å². The fraction of sp³-hybridized carbons (Fsp3) is 0.316. The van der Waals surface area contributed by atoms with Gasteiger partial charge < -0.3 is 10.2 Å². The number of hydrogen-bond acceptors (Lipinski definition) is 5. The van der Waals surface area contributed by atoms with Crippen molar-refractivity contribution in [3.05, 3.63) is 62.8 Å². The van der Waals surface area contributed by atoms with Crippen LogP contribution in [-0.4, -0.2) is 39.7 Å². The number of pyridine rings is 1. The van der Waals surface area contributed by atoms with E-state index in [0.717, 1.165) is 11.6 Å². The molecule has 1 atom stereocenters. The normalized spacial score (nSPS) is 16.5. The number of benzene rings is 1. The van der Waals surface area contributed by atoms with Crippen LogP contribution in [-0.2, 0) is 4.79 Å². The van der Waals surface area contributed by atoms with Crippen LogP contribution in [0.15, 0.2) is 36.5 Å². The minimum Gasteiger partial charge on any atom is -0.338 e. The zero-order valence-corrected chi connectivity index (χ0v) is 16.0. The summed E-state index contributed by atoms with van der Waals surface area (Å²) in [6.45, 7) is 2.53. The van der Waals surface area contributed by atoms with Gasteiger partial charge in [0.15, 0.2) is 0 Å². The van der Waals surface area contributed by atoms with Crippen LogP contribution >= 0.6 is 11.6 Å². The van der Waals surface area contributed by atoms with Gasteiger partial charge in [-0.2, -0.15) is 0 Å². The Bertz CT molecular complexity index is 917. The maximum atomic E-state index is 12.8. The largest absolute Gasteiger partial charge is 0.338 e. The maximum Gasteiger partial charge on any atom is 0.283 e. The molecule has 0 aliphatic carbocycles. The zero-order chi connectivity index (χ0) is 20.3. The first kappa shape index (κ1) is 19.8. The van der Waals surface area contributed by atoms with Crippen LogP contribution in [0.5, 0.6) is 0 Å². The van der Waals surface area contributed by atoms with Crippen LogP contribution in [0.4, 0.5) is 11.5 Å². The number of anilines is 1. The molecule has 0 radical (unpaired) electrons. The molecule has 1 fully saturated rings. The predicted molar refractivity (Wildman–Crippen MR) is 104 cm³/mol. The SMILES string of the molecule is Cc1ccc(NC(=O)C2CCCN(C(=O)c3ccc(Cl)cc3[N+](=O)[O-])C2)nc1. The summed E-state index contributed by atoms with van der Waals surface area (Å²) in [4.78, 5) is 41.7. The lowest BCUT2D eigenvalue weighted by Crippen LogP contribution is -2.44. The Labute approximate surface area is 166 Å². The Morgan fingerprint density at radius 2 is 2.11 bits per heavy atom. The summed E-state index contributed by atoms with van der Waals surface area (Å²) in [6.07, 6.45) is 2.92. The number of halogens is 1. The molecule has 1 unspecified atom stereocenters. The molecule has 0 saturated carbocycles. The van der Waals surface area contributed by atoms with Crippen molar-refractivity contribution in [3.63, 3.8) is 0 Å². The molecule has 1 aromatic carbocycles. The fourth-order valence-corrected chi connectivity index (χ4v) is 3.32. The van der Waals surface area contributed by atoms with E-state index in [4.69, 9.17) is 11.6 Å². The van der Waals surface area contributed by atoms with Gasteiger partial charge in [-0.1, -0.05) is 17.7 Å². The number of carbonyl (C=O) groups is 2. The number of likely N-dealkylation sites (tertiary alicyclic amines) is 1. The summed E-state index contributed by atoms with van der Waals surface area (Å²) >= 11 is 5.81. The highest BCUT2D eigenvalue weighted by molar-refractivity contribution is 6.31. The van der Waals surface area contributed by atoms with Crippen molar-refractivity contribution in [2.75, 3.05) is 18.4 Å². The summed E-state index contributed by atoms with van der Waals surface area (Å²) < 4.78 is 0. The van der Waals surface area contributed by atoms with Crippen molar-refractivity contribution in [1.29, 1.82) is 0 Å². The van der Waals surface area contributed by atoms with Gasteiger partial charge in [0, 0.05) is 30.4 Å². The molecule has 2 aromatic rings. The third-order valence-electron chi connectivity index (χ3n) is 4.63. The lowest BCUT2D eigenvalue weighted by Gasteiger charge is -2.32. The summed E-state index contributed by atoms with van der Waals surface area (Å²) in [5.74, 6) is -0.659. The third-order valence-corrected chi connectivity index (χ3v) is 4.86. The molecular weight excluding hydrogens is 384 g/mol. The molecule has 1 aliphatic heterocycles. The Morgan fingerprint density at radius 1 is 1.32 bits per heavy atom. The molecule has 28 heavy (non-hydrogen) atoms. The number of piperidine rings is 1. The molecule has 0 bridgehead atoms. The third kappa shape index (κ3) is 4.45. The Morgan fingerprint density at radius 3 is 2.79 bits per heavy atom. The highest BCUT2D eigenvalue weighted by Crippen LogP contribution is 2.27. The highest BCUT2D eigenvalue weighted by atomic mass is 35.5. The Hall–Kier alpha value is -3.00. The first-order valence-corrected chi connectivity index (χ1v) is 9.19. The summed E-state index contributed by atoms with van der Waals surface area (Å²) in [6, 6.07) is 7.52. The van der Waals surface area contributed by atoms with Crippen molar-refractivity contribution < 1.29 is 14.5 Å². The lowest BCUT2D eigenvalue weighted by atomic mass is 9.96. The van der Waals surface area contributed by atoms with E-state index in [-0.39, 0.29) is 28.7 Å². The smallest absolute Gasteiger partial charge is 0.283 e. The second-order valence-electron chi connectivity index (χ2n) is 6.72. The van der Waals surface area contributed by atoms with E-state index in [1.165, 1.54) is 17.0 Å². The molecule has 1 aliphatic rings. The van der Waals surface area contributed by atoms with Crippen LogP contribution in [0.1, 0.15) is 28.8 Å². The number of hydrogen-bond donors (Lipinski definition) is 1. The molecular formula is C19H19ClN4O4. The average Bonchev–Trinajstić information content (AvgIpc) is 2.69. The number of nitrogens with one attached hydrogen (secondary N) is 1. The van der Waals surface area contributed by atoms with Gasteiger partial charge in [0.05, 0.1) is 10.8 Å². The van der Waals surface area contributed by atoms with Crippen molar-refractivity contribution in [3.8, 4) is 0 Å². The van der Waals surface area contributed by atoms with Gasteiger partial charge in [0.2, 0.25) is 5.91 Å². The molecule has 2 heterocycles. The molecule has 1 N–H and O–H groups in total. The quantitative estimate of drug-likeness (QED) is 0.622. The van der Waals surface area contributed by atoms with Gasteiger partial charge in [0.1, 0.15) is 11.4 Å². The first-order chi connectivity index (χ1) is 13.3. The van der Waals surface area contributed by atoms with Crippen LogP contribution in [0.25, 0.3) is 0 Å². The molecule has 1 aromatic heterocycles. The van der Waals surface area contributed by atoms with E-state index in [9.17, 15) is 19.7 Å². The van der Waals surface area contributed by atoms with Gasteiger partial charge in [0.25, 0.3) is 11.6 Å². The van der Waals surface area contributed by atoms with E-state index in [1.54, 1.807) is 12.3 Å². The molecule has 3 rings (SSSR count). The van der Waals surface area contributed by atoms with E-state index in [0.29, 0.717) is 25.2 Å². The van der Waals surface area contributed by atoms with Gasteiger partial charge >= 0.3 is 0 Å². The summed E-state index contributed by atoms with van der Waals surface area (Å²) in [5, 5.41) is 14.2. The van der Waals surface area contributed by atoms with Gasteiger partial charge in [-0.3, -0.25) is 19.7 Å². The van der Waals surface area contributed by atoms with Crippen molar-refractivity contribution in [2.24, 2.45) is 5.92 Å². The average molecular weight is 403 g/mol. The summed E-state index contributed by atoms with van der Waals surface area (Å²) in [7, 11) is 0. The summed E-state index contributed by atoms with van der Waals surface area (Å²) in [5.41, 5.74) is 0.612. The standard InChI is InChI=1S/C19H19ClN4O4/c1-12-4-7-17(21-10-12)22-18(25)13-3-2-8-23(11-13)19(26)15-6-5-14(20)9-16(15)24(27)28/h4-7,9-10,13H,2-3,8,11H2,1H3,(H,21,22,25). The number of carbonyl (C=O) groups excluding carboxylic acids is 2. The number of aromatic nitrogens is 1. The van der Waals surface area contributed by atoms with Crippen LogP contribution in [0.3, 0.4) is 0 Å². The number of nitro groups is 1. The van der Waals surface area contributed by atoms with Crippen LogP contribution in [0, 0.1) is 23.0 Å². The topological polar surface area (TPSA) is 105 Å². The van der Waals surface area contributed by atoms with E-state index in [1.807, 2.05) is 13.0 Å². The van der Waals surface area contributed by atoms with Crippen molar-refractivity contribution in [1.82, 2.24) is 9.88 Å². The van der Waals surface area contributed by atoms with Gasteiger partial charge in [-0.05, 0) is 43.5 Å². The monoisotopic (exact) mass is 402 g/mol. The van der Waals surface area contributed by atoms with Crippen molar-refractivity contribution >= 4 is 34.9 Å². The number of aryl methyl sites for hydroxylation is 1. The highest BCUT2D eigenvalue weighted by Gasteiger charge is 2.32. The molecule has 2 amide bonds. The van der Waals surface area contributed by atoms with E-state index >= 15 is 0 Å². The Kier molecular flexibility index (Phi) is 5.89. The Balaban J connectivity index is 1.72. The molecule has 0 spiro atoms. The molecule has 8 nitrogen and oxygen atoms in total. The van der Waals surface area contributed by atoms with Gasteiger partial charge in [-0.25, -0.2) is 4.98 Å². The van der Waals surface area contributed by atoms with Gasteiger partial charge in [-0.15, -0.1) is 0 Å². The maximum absolute atomic E-state index is 12.8. The minimum absolute atomic E-state index is 0.0318. The predicted octanol–water partition coefficient (Wildman–Crippen LogP) is 3.44. The number of nitrogens with zero attached hydrogens (tertiary/aromatic N) is 3. The van der Waals surface area contributed by atoms with Crippen LogP contribution < -0.4 is 5.32 Å². The minimum atomic E-state index is -0.629. The van der Waals surface area contributed by atoms with E-state index in [2.05, 4.69) is 10.3 Å². The molecule has 1 saturated heterocycles. The first-order valence-electron chi connectivity index (χ1n) is 8.82. The number of amides is 2. The molecule has 9 heteroatoms. The second kappa shape index (κ2) is 8.35. The number of nitro benzene ring substituents is 1.